The van der Waals surface area contributed by atoms with E-state index in [4.69, 9.17) is 17.3 Å². The van der Waals surface area contributed by atoms with Crippen molar-refractivity contribution in [2.45, 2.75) is 6.61 Å². The van der Waals surface area contributed by atoms with Crippen LogP contribution in [0.3, 0.4) is 0 Å². The summed E-state index contributed by atoms with van der Waals surface area (Å²) in [5.74, 6) is -3.60. The summed E-state index contributed by atoms with van der Waals surface area (Å²) in [7, 11) is 0. The number of aliphatic hydroxyl groups excluding tert-OH is 1. The number of nitrogens with one attached hydrogen (secondary N) is 1. The van der Waals surface area contributed by atoms with Gasteiger partial charge in [0.05, 0.1) is 5.69 Å². The van der Waals surface area contributed by atoms with E-state index in [0.29, 0.717) is 6.07 Å². The number of aromatic nitrogens is 3. The third-order valence-electron chi connectivity index (χ3n) is 2.10. The summed E-state index contributed by atoms with van der Waals surface area (Å²) >= 11 is 4.79. The Morgan fingerprint density at radius 3 is 2.71 bits per heavy atom. The van der Waals surface area contributed by atoms with Gasteiger partial charge in [-0.15, -0.1) is 0 Å². The van der Waals surface area contributed by atoms with Gasteiger partial charge in [0, 0.05) is 12.1 Å². The van der Waals surface area contributed by atoms with Crippen LogP contribution >= 0.6 is 12.2 Å². The molecule has 0 radical (unpaired) electrons. The maximum absolute atomic E-state index is 13.5. The number of halogens is 3. The first-order valence-electron chi connectivity index (χ1n) is 4.46. The van der Waals surface area contributed by atoms with Crippen molar-refractivity contribution in [2.75, 3.05) is 0 Å². The molecule has 1 aromatic heterocycles. The average Bonchev–Trinajstić information content (AvgIpc) is 2.65. The van der Waals surface area contributed by atoms with Gasteiger partial charge in [-0.3, -0.25) is 9.67 Å². The predicted octanol–water partition coefficient (Wildman–Crippen LogP) is 1.84. The summed E-state index contributed by atoms with van der Waals surface area (Å²) in [4.78, 5) is 0. The minimum atomic E-state index is -1.34. The van der Waals surface area contributed by atoms with Crippen molar-refractivity contribution >= 4 is 12.2 Å². The van der Waals surface area contributed by atoms with Crippen LogP contribution in [0.25, 0.3) is 5.69 Å². The molecule has 90 valence electrons. The number of hydrogen-bond acceptors (Lipinski definition) is 3. The molecule has 0 aliphatic carbocycles. The molecular weight excluding hydrogens is 255 g/mol. The van der Waals surface area contributed by atoms with E-state index in [0.717, 1.165) is 10.6 Å². The van der Waals surface area contributed by atoms with Crippen molar-refractivity contribution < 1.29 is 18.3 Å². The normalized spacial score (nSPS) is 10.8. The Labute approximate surface area is 98.3 Å². The van der Waals surface area contributed by atoms with Gasteiger partial charge in [0.1, 0.15) is 12.4 Å². The molecule has 2 aromatic rings. The van der Waals surface area contributed by atoms with E-state index in [1.165, 1.54) is 0 Å². The molecule has 2 N–H and O–H groups in total. The number of nitrogens with zero attached hydrogens (tertiary/aromatic N) is 2. The topological polar surface area (TPSA) is 53.8 Å². The van der Waals surface area contributed by atoms with Crippen LogP contribution in [0.2, 0.25) is 0 Å². The minimum absolute atomic E-state index is 0.0427. The molecule has 0 unspecified atom stereocenters. The highest BCUT2D eigenvalue weighted by molar-refractivity contribution is 7.71. The Hall–Kier alpha value is -1.67. The molecule has 1 aromatic carbocycles. The zero-order valence-corrected chi connectivity index (χ0v) is 9.06. The monoisotopic (exact) mass is 261 g/mol. The number of rotatable bonds is 2. The highest BCUT2D eigenvalue weighted by Gasteiger charge is 2.16. The molecule has 0 saturated heterocycles. The fourth-order valence-corrected chi connectivity index (χ4v) is 1.64. The second kappa shape index (κ2) is 4.30. The maximum Gasteiger partial charge on any atom is 0.200 e. The Morgan fingerprint density at radius 1 is 1.35 bits per heavy atom. The van der Waals surface area contributed by atoms with Crippen molar-refractivity contribution in [3.63, 3.8) is 0 Å². The first-order chi connectivity index (χ1) is 8.04. The molecule has 1 heterocycles. The molecule has 0 aliphatic heterocycles. The summed E-state index contributed by atoms with van der Waals surface area (Å²) < 4.78 is 40.4. The number of benzene rings is 1. The highest BCUT2D eigenvalue weighted by atomic mass is 32.1. The third-order valence-corrected chi connectivity index (χ3v) is 2.37. The van der Waals surface area contributed by atoms with Crippen molar-refractivity contribution in [1.29, 1.82) is 0 Å². The van der Waals surface area contributed by atoms with Gasteiger partial charge in [-0.1, -0.05) is 0 Å². The lowest BCUT2D eigenvalue weighted by Gasteiger charge is -2.07. The molecule has 0 amide bonds. The summed E-state index contributed by atoms with van der Waals surface area (Å²) in [5, 5.41) is 14.9. The Kier molecular flexibility index (Phi) is 2.99. The van der Waals surface area contributed by atoms with Crippen LogP contribution in [-0.2, 0) is 6.61 Å². The number of aromatic amines is 1. The predicted molar refractivity (Wildman–Crippen MR) is 54.5 cm³/mol. The lowest BCUT2D eigenvalue weighted by molar-refractivity contribution is 0.268. The molecule has 0 atom stereocenters. The van der Waals surface area contributed by atoms with Crippen LogP contribution in [0.5, 0.6) is 0 Å². The number of H-pyrrole nitrogens is 1. The van der Waals surface area contributed by atoms with Crippen LogP contribution in [0.1, 0.15) is 5.82 Å². The van der Waals surface area contributed by atoms with E-state index in [-0.39, 0.29) is 10.6 Å². The number of aliphatic hydroxyl groups is 1. The maximum atomic E-state index is 13.5. The summed E-state index contributed by atoms with van der Waals surface area (Å²) in [6.07, 6.45) is 0. The molecule has 0 fully saturated rings. The zero-order chi connectivity index (χ0) is 12.6. The van der Waals surface area contributed by atoms with Gasteiger partial charge in [0.15, 0.2) is 22.2 Å². The van der Waals surface area contributed by atoms with Gasteiger partial charge < -0.3 is 5.11 Å². The SMILES string of the molecule is OCc1n[nH]c(=S)n1-c1cc(F)cc(F)c1F. The smallest absolute Gasteiger partial charge is 0.200 e. The molecule has 4 nitrogen and oxygen atoms in total. The fraction of sp³-hybridized carbons (Fsp3) is 0.111. The van der Waals surface area contributed by atoms with Crippen LogP contribution in [0.15, 0.2) is 12.1 Å². The zero-order valence-electron chi connectivity index (χ0n) is 8.25. The van der Waals surface area contributed by atoms with Crippen LogP contribution in [0, 0.1) is 22.2 Å². The Bertz CT molecular complexity index is 622. The second-order valence-electron chi connectivity index (χ2n) is 3.16. The van der Waals surface area contributed by atoms with Crippen LogP contribution in [0.4, 0.5) is 13.2 Å². The molecule has 17 heavy (non-hydrogen) atoms. The van der Waals surface area contributed by atoms with Crippen molar-refractivity contribution in [3.8, 4) is 5.69 Å². The van der Waals surface area contributed by atoms with E-state index < -0.39 is 29.7 Å². The molecule has 0 spiro atoms. The van der Waals surface area contributed by atoms with Gasteiger partial charge in [-0.05, 0) is 12.2 Å². The third kappa shape index (κ3) is 1.96. The average molecular weight is 261 g/mol. The first-order valence-corrected chi connectivity index (χ1v) is 4.87. The van der Waals surface area contributed by atoms with Gasteiger partial charge in [0.25, 0.3) is 0 Å². The largest absolute Gasteiger partial charge is 0.388 e. The quantitative estimate of drug-likeness (QED) is 0.640. The van der Waals surface area contributed by atoms with E-state index in [1.807, 2.05) is 0 Å². The van der Waals surface area contributed by atoms with E-state index in [2.05, 4.69) is 10.2 Å². The van der Waals surface area contributed by atoms with E-state index in [1.54, 1.807) is 0 Å². The fourth-order valence-electron chi connectivity index (χ4n) is 1.39. The lowest BCUT2D eigenvalue weighted by Crippen LogP contribution is -2.06. The Balaban J connectivity index is 2.76. The van der Waals surface area contributed by atoms with Crippen molar-refractivity contribution in [2.24, 2.45) is 0 Å². The lowest BCUT2D eigenvalue weighted by atomic mass is 10.2. The molecule has 8 heteroatoms. The van der Waals surface area contributed by atoms with Gasteiger partial charge in [-0.25, -0.2) is 13.2 Å². The molecule has 0 bridgehead atoms. The molecule has 2 rings (SSSR count). The molecule has 0 saturated carbocycles. The van der Waals surface area contributed by atoms with Crippen LogP contribution in [-0.4, -0.2) is 19.9 Å². The van der Waals surface area contributed by atoms with Gasteiger partial charge in [-0.2, -0.15) is 5.10 Å². The Morgan fingerprint density at radius 2 is 2.06 bits per heavy atom. The summed E-state index contributed by atoms with van der Waals surface area (Å²) in [6, 6.07) is 1.18. The van der Waals surface area contributed by atoms with Gasteiger partial charge in [0.2, 0.25) is 0 Å². The van der Waals surface area contributed by atoms with Crippen LogP contribution < -0.4 is 0 Å². The standard InChI is InChI=1S/C9H6F3N3OS/c10-4-1-5(11)8(12)6(2-4)15-7(3-16)13-14-9(15)17/h1-2,16H,3H2,(H,14,17). The van der Waals surface area contributed by atoms with E-state index >= 15 is 0 Å². The first kappa shape index (κ1) is 11.8. The van der Waals surface area contributed by atoms with Crippen molar-refractivity contribution in [3.05, 3.63) is 40.2 Å². The molecule has 0 aliphatic rings. The summed E-state index contributed by atoms with van der Waals surface area (Å²) in [5.41, 5.74) is -0.440. The molecular formula is C9H6F3N3OS. The number of hydrogen-bond donors (Lipinski definition) is 2. The highest BCUT2D eigenvalue weighted by Crippen LogP contribution is 2.20. The summed E-state index contributed by atoms with van der Waals surface area (Å²) in [6.45, 7) is -0.551. The van der Waals surface area contributed by atoms with Crippen molar-refractivity contribution in [1.82, 2.24) is 14.8 Å². The van der Waals surface area contributed by atoms with E-state index in [9.17, 15) is 13.2 Å². The second-order valence-corrected chi connectivity index (χ2v) is 3.55. The minimum Gasteiger partial charge on any atom is -0.388 e. The van der Waals surface area contributed by atoms with Gasteiger partial charge >= 0.3 is 0 Å².